The topological polar surface area (TPSA) is 113 Å². The van der Waals surface area contributed by atoms with E-state index >= 15 is 0 Å². The highest BCUT2D eigenvalue weighted by Gasteiger charge is 2.06. The molecule has 0 bridgehead atoms. The molecule has 2 atom stereocenters. The maximum atomic E-state index is 10.7. The number of benzene rings is 1. The Kier molecular flexibility index (Phi) is 5.08. The van der Waals surface area contributed by atoms with E-state index in [1.165, 1.54) is 12.1 Å². The lowest BCUT2D eigenvalue weighted by atomic mass is 10.2. The van der Waals surface area contributed by atoms with Gasteiger partial charge in [-0.05, 0) is 30.7 Å². The van der Waals surface area contributed by atoms with Crippen LogP contribution >= 0.6 is 0 Å². The summed E-state index contributed by atoms with van der Waals surface area (Å²) in [5.74, 6) is -0.895. The van der Waals surface area contributed by atoms with Crippen LogP contribution in [0.1, 0.15) is 12.8 Å². The monoisotopic (exact) mass is 258 g/mol. The summed E-state index contributed by atoms with van der Waals surface area (Å²) in [6, 6.07) is 6.24. The molecule has 2 unspecified atom stereocenters. The summed E-state index contributed by atoms with van der Waals surface area (Å²) in [4.78, 5) is 10.6. The summed E-state index contributed by atoms with van der Waals surface area (Å²) in [6.07, 6.45) is -0.160. The number of hydrogen-bond acceptors (Lipinski definition) is 4. The average Bonchev–Trinajstić information content (AvgIpc) is 2.27. The second-order valence-corrected chi connectivity index (χ2v) is 4.43. The Hall–Kier alpha value is -1.44. The third-order valence-corrected chi connectivity index (χ3v) is 2.75. The molecule has 5 N–H and O–H groups in total. The van der Waals surface area contributed by atoms with Gasteiger partial charge in [0.15, 0.2) is 11.1 Å². The van der Waals surface area contributed by atoms with Gasteiger partial charge in [-0.15, -0.1) is 0 Å². The average molecular weight is 258 g/mol. The van der Waals surface area contributed by atoms with Gasteiger partial charge in [0.2, 0.25) is 0 Å². The molecule has 1 rings (SSSR count). The van der Waals surface area contributed by atoms with Gasteiger partial charge < -0.3 is 20.7 Å². The van der Waals surface area contributed by atoms with Crippen LogP contribution in [-0.2, 0) is 15.9 Å². The molecule has 94 valence electrons. The number of nitrogens with one attached hydrogen (secondary N) is 1. The first kappa shape index (κ1) is 13.6. The highest BCUT2D eigenvalue weighted by Crippen LogP contribution is 2.12. The van der Waals surface area contributed by atoms with E-state index in [1.807, 2.05) is 0 Å². The van der Waals surface area contributed by atoms with Crippen molar-refractivity contribution < 1.29 is 18.7 Å². The zero-order valence-electron chi connectivity index (χ0n) is 9.00. The maximum Gasteiger partial charge on any atom is 0.303 e. The molecule has 0 spiro atoms. The smallest absolute Gasteiger partial charge is 0.303 e. The molecule has 0 saturated heterocycles. The number of carbonyl (C=O) groups is 1. The standard InChI is InChI=1S/C10H14N2O4S/c11-9(5-6-10(13)14)12-7-1-3-8(4-2-7)17(15)16/h1-4,9,12H,5-6,11H2,(H,13,14)(H,15,16). The van der Waals surface area contributed by atoms with Crippen LogP contribution in [0.3, 0.4) is 0 Å². The molecule has 0 aliphatic carbocycles. The molecule has 1 aromatic rings. The van der Waals surface area contributed by atoms with Gasteiger partial charge in [0, 0.05) is 12.1 Å². The second kappa shape index (κ2) is 6.33. The molecule has 1 aromatic carbocycles. The lowest BCUT2D eigenvalue weighted by Gasteiger charge is -2.14. The van der Waals surface area contributed by atoms with Crippen LogP contribution in [0.25, 0.3) is 0 Å². The van der Waals surface area contributed by atoms with Gasteiger partial charge in [0.05, 0.1) is 11.1 Å². The van der Waals surface area contributed by atoms with E-state index in [0.29, 0.717) is 17.0 Å². The van der Waals surface area contributed by atoms with E-state index in [1.54, 1.807) is 12.1 Å². The van der Waals surface area contributed by atoms with Crippen molar-refractivity contribution in [2.24, 2.45) is 5.73 Å². The lowest BCUT2D eigenvalue weighted by Crippen LogP contribution is -2.30. The van der Waals surface area contributed by atoms with Crippen molar-refractivity contribution in [3.05, 3.63) is 24.3 Å². The Morgan fingerprint density at radius 3 is 2.47 bits per heavy atom. The first-order chi connectivity index (χ1) is 7.99. The summed E-state index contributed by atoms with van der Waals surface area (Å²) in [7, 11) is 0. The number of anilines is 1. The highest BCUT2D eigenvalue weighted by atomic mass is 32.2. The van der Waals surface area contributed by atoms with E-state index in [2.05, 4.69) is 5.32 Å². The first-order valence-electron chi connectivity index (χ1n) is 4.94. The van der Waals surface area contributed by atoms with Crippen molar-refractivity contribution in [2.45, 2.75) is 23.9 Å². The number of nitrogens with two attached hydrogens (primary N) is 1. The molecule has 0 aliphatic rings. The molecule has 0 fully saturated rings. The second-order valence-electron chi connectivity index (χ2n) is 3.46. The van der Waals surface area contributed by atoms with Crippen molar-refractivity contribution >= 4 is 22.7 Å². The summed E-state index contributed by atoms with van der Waals surface area (Å²) < 4.78 is 19.5. The maximum absolute atomic E-state index is 10.7. The van der Waals surface area contributed by atoms with Gasteiger partial charge in [-0.1, -0.05) is 0 Å². The molecule has 0 heterocycles. The quantitative estimate of drug-likeness (QED) is 0.444. The van der Waals surface area contributed by atoms with Gasteiger partial charge >= 0.3 is 5.97 Å². The number of carboxylic acids is 1. The zero-order chi connectivity index (χ0) is 12.8. The van der Waals surface area contributed by atoms with Gasteiger partial charge in [-0.3, -0.25) is 4.79 Å². The van der Waals surface area contributed by atoms with Crippen molar-refractivity contribution in [3.8, 4) is 0 Å². The normalized spacial score (nSPS) is 14.0. The predicted molar refractivity (Wildman–Crippen MR) is 63.9 cm³/mol. The molecule has 17 heavy (non-hydrogen) atoms. The van der Waals surface area contributed by atoms with E-state index in [9.17, 15) is 9.00 Å². The molecule has 6 nitrogen and oxygen atoms in total. The molecule has 0 amide bonds. The Morgan fingerprint density at radius 1 is 1.41 bits per heavy atom. The van der Waals surface area contributed by atoms with Gasteiger partial charge in [0.25, 0.3) is 0 Å². The fourth-order valence-electron chi connectivity index (χ4n) is 1.23. The Bertz CT molecular complexity index is 407. The fourth-order valence-corrected chi connectivity index (χ4v) is 1.60. The van der Waals surface area contributed by atoms with Crippen LogP contribution in [-0.4, -0.2) is 26.0 Å². The summed E-state index contributed by atoms with van der Waals surface area (Å²) >= 11 is -2.00. The first-order valence-corrected chi connectivity index (χ1v) is 6.04. The van der Waals surface area contributed by atoms with Gasteiger partial charge in [0.1, 0.15) is 0 Å². The van der Waals surface area contributed by atoms with Crippen LogP contribution in [0.4, 0.5) is 5.69 Å². The van der Waals surface area contributed by atoms with Crippen molar-refractivity contribution in [1.29, 1.82) is 0 Å². The SMILES string of the molecule is NC(CCC(=O)O)Nc1ccc(S(=O)O)cc1. The largest absolute Gasteiger partial charge is 0.481 e. The van der Waals surface area contributed by atoms with Crippen LogP contribution < -0.4 is 11.1 Å². The molecular weight excluding hydrogens is 244 g/mol. The molecule has 7 heteroatoms. The van der Waals surface area contributed by atoms with Crippen molar-refractivity contribution in [1.82, 2.24) is 0 Å². The van der Waals surface area contributed by atoms with Crippen LogP contribution in [0, 0.1) is 0 Å². The van der Waals surface area contributed by atoms with E-state index in [-0.39, 0.29) is 6.42 Å². The van der Waals surface area contributed by atoms with Gasteiger partial charge in [-0.2, -0.15) is 0 Å². The number of aliphatic carboxylic acids is 1. The molecule has 0 saturated carbocycles. The molecule has 0 aromatic heterocycles. The molecule has 0 radical (unpaired) electrons. The van der Waals surface area contributed by atoms with E-state index in [4.69, 9.17) is 15.4 Å². The van der Waals surface area contributed by atoms with Crippen molar-refractivity contribution in [3.63, 3.8) is 0 Å². The summed E-state index contributed by atoms with van der Waals surface area (Å²) in [5.41, 5.74) is 6.35. The van der Waals surface area contributed by atoms with Crippen LogP contribution in [0.5, 0.6) is 0 Å². The molecular formula is C10H14N2O4S. The Morgan fingerprint density at radius 2 is 2.00 bits per heavy atom. The third kappa shape index (κ3) is 4.94. The Balaban J connectivity index is 2.51. The van der Waals surface area contributed by atoms with Crippen LogP contribution in [0.2, 0.25) is 0 Å². The minimum Gasteiger partial charge on any atom is -0.481 e. The minimum absolute atomic E-state index is 0.00704. The van der Waals surface area contributed by atoms with E-state index < -0.39 is 23.2 Å². The highest BCUT2D eigenvalue weighted by molar-refractivity contribution is 7.79. The van der Waals surface area contributed by atoms with E-state index in [0.717, 1.165) is 0 Å². The zero-order valence-corrected chi connectivity index (χ0v) is 9.81. The van der Waals surface area contributed by atoms with Gasteiger partial charge in [-0.25, -0.2) is 4.21 Å². The summed E-state index contributed by atoms with van der Waals surface area (Å²) in [5, 5.41) is 11.4. The minimum atomic E-state index is -2.00. The van der Waals surface area contributed by atoms with Crippen molar-refractivity contribution in [2.75, 3.05) is 5.32 Å². The predicted octanol–water partition coefficient (Wildman–Crippen LogP) is 0.829. The third-order valence-electron chi connectivity index (χ3n) is 2.08. The van der Waals surface area contributed by atoms with Crippen LogP contribution in [0.15, 0.2) is 29.2 Å². The Labute approximate surface area is 101 Å². The lowest BCUT2D eigenvalue weighted by molar-refractivity contribution is -0.137. The fraction of sp³-hybridized carbons (Fsp3) is 0.300. The molecule has 0 aliphatic heterocycles. The number of rotatable bonds is 6. The summed E-state index contributed by atoms with van der Waals surface area (Å²) in [6.45, 7) is 0. The number of hydrogen-bond donors (Lipinski definition) is 4. The number of carboxylic acid groups (broad SMARTS) is 1.